The zero-order chi connectivity index (χ0) is 10.8. The first-order valence-corrected chi connectivity index (χ1v) is 6.42. The van der Waals surface area contributed by atoms with E-state index in [1.807, 2.05) is 5.51 Å². The van der Waals surface area contributed by atoms with E-state index < -0.39 is 0 Å². The first kappa shape index (κ1) is 11.0. The molecule has 1 aromatic rings. The van der Waals surface area contributed by atoms with Crippen LogP contribution in [0.5, 0.6) is 0 Å². The Bertz CT molecular complexity index is 313. The van der Waals surface area contributed by atoms with E-state index >= 15 is 0 Å². The lowest BCUT2D eigenvalue weighted by Gasteiger charge is -2.39. The molecule has 84 valence electrons. The molecule has 1 aliphatic heterocycles. The molecular formula is C11H19N3S. The van der Waals surface area contributed by atoms with Crippen LogP contribution in [0.4, 0.5) is 0 Å². The molecule has 2 rings (SSSR count). The number of hydrogen-bond donors (Lipinski definition) is 1. The van der Waals surface area contributed by atoms with Crippen molar-refractivity contribution in [3.8, 4) is 0 Å². The fraction of sp³-hybridized carbons (Fsp3) is 0.727. The molecule has 0 bridgehead atoms. The number of aryl methyl sites for hydroxylation is 1. The first-order valence-electron chi connectivity index (χ1n) is 5.54. The van der Waals surface area contributed by atoms with E-state index in [2.05, 4.69) is 36.0 Å². The molecule has 0 spiro atoms. The Balaban J connectivity index is 2.06. The molecule has 1 aromatic heterocycles. The van der Waals surface area contributed by atoms with Gasteiger partial charge in [0, 0.05) is 36.6 Å². The summed E-state index contributed by atoms with van der Waals surface area (Å²) in [6.45, 7) is 9.94. The van der Waals surface area contributed by atoms with Gasteiger partial charge in [0.25, 0.3) is 0 Å². The number of nitrogens with one attached hydrogen (secondary N) is 1. The van der Waals surface area contributed by atoms with Crippen molar-refractivity contribution in [3.63, 3.8) is 0 Å². The second-order valence-electron chi connectivity index (χ2n) is 4.39. The van der Waals surface area contributed by atoms with Crippen molar-refractivity contribution in [2.75, 3.05) is 13.1 Å². The molecule has 15 heavy (non-hydrogen) atoms. The molecule has 2 atom stereocenters. The van der Waals surface area contributed by atoms with Gasteiger partial charge in [-0.25, -0.2) is 4.98 Å². The third-order valence-corrected chi connectivity index (χ3v) is 4.10. The lowest BCUT2D eigenvalue weighted by Crippen LogP contribution is -2.54. The highest BCUT2D eigenvalue weighted by Crippen LogP contribution is 2.19. The van der Waals surface area contributed by atoms with Gasteiger partial charge in [-0.15, -0.1) is 11.3 Å². The van der Waals surface area contributed by atoms with Crippen molar-refractivity contribution in [1.29, 1.82) is 0 Å². The van der Waals surface area contributed by atoms with Crippen LogP contribution >= 0.6 is 11.3 Å². The predicted molar refractivity (Wildman–Crippen MR) is 64.2 cm³/mol. The number of thiazole rings is 1. The Morgan fingerprint density at radius 2 is 2.13 bits per heavy atom. The van der Waals surface area contributed by atoms with Crippen LogP contribution in [0.25, 0.3) is 0 Å². The van der Waals surface area contributed by atoms with Gasteiger partial charge in [-0.3, -0.25) is 4.90 Å². The average Bonchev–Trinajstić information content (AvgIpc) is 2.58. The van der Waals surface area contributed by atoms with Gasteiger partial charge in [0.1, 0.15) is 0 Å². The number of hydrogen-bond acceptors (Lipinski definition) is 4. The van der Waals surface area contributed by atoms with Crippen molar-refractivity contribution in [3.05, 3.63) is 16.1 Å². The Morgan fingerprint density at radius 3 is 2.67 bits per heavy atom. The van der Waals surface area contributed by atoms with Crippen molar-refractivity contribution in [2.24, 2.45) is 0 Å². The van der Waals surface area contributed by atoms with Gasteiger partial charge in [0.2, 0.25) is 0 Å². The SMILES string of the molecule is Cc1ncsc1CN1[C@H](C)CNC[C@@H]1C. The molecule has 0 saturated carbocycles. The van der Waals surface area contributed by atoms with Crippen LogP contribution in [-0.2, 0) is 6.54 Å². The van der Waals surface area contributed by atoms with E-state index in [1.54, 1.807) is 11.3 Å². The van der Waals surface area contributed by atoms with E-state index in [1.165, 1.54) is 10.6 Å². The van der Waals surface area contributed by atoms with E-state index in [9.17, 15) is 0 Å². The quantitative estimate of drug-likeness (QED) is 0.829. The van der Waals surface area contributed by atoms with Crippen molar-refractivity contribution < 1.29 is 0 Å². The summed E-state index contributed by atoms with van der Waals surface area (Å²) in [6.07, 6.45) is 0. The van der Waals surface area contributed by atoms with Crippen LogP contribution in [0.2, 0.25) is 0 Å². The second kappa shape index (κ2) is 4.60. The Hall–Kier alpha value is -0.450. The van der Waals surface area contributed by atoms with Crippen LogP contribution < -0.4 is 5.32 Å². The molecule has 0 amide bonds. The highest BCUT2D eigenvalue weighted by Gasteiger charge is 2.25. The minimum absolute atomic E-state index is 0.621. The largest absolute Gasteiger partial charge is 0.314 e. The summed E-state index contributed by atoms with van der Waals surface area (Å²) in [4.78, 5) is 8.29. The van der Waals surface area contributed by atoms with Crippen LogP contribution in [0, 0.1) is 6.92 Å². The van der Waals surface area contributed by atoms with Gasteiger partial charge in [-0.2, -0.15) is 0 Å². The van der Waals surface area contributed by atoms with E-state index in [-0.39, 0.29) is 0 Å². The fourth-order valence-corrected chi connectivity index (χ4v) is 2.91. The summed E-state index contributed by atoms with van der Waals surface area (Å²) >= 11 is 1.77. The summed E-state index contributed by atoms with van der Waals surface area (Å²) < 4.78 is 0. The maximum Gasteiger partial charge on any atom is 0.0798 e. The van der Waals surface area contributed by atoms with E-state index in [0.717, 1.165) is 19.6 Å². The van der Waals surface area contributed by atoms with Gasteiger partial charge >= 0.3 is 0 Å². The Morgan fingerprint density at radius 1 is 1.47 bits per heavy atom. The molecule has 0 aromatic carbocycles. The zero-order valence-electron chi connectivity index (χ0n) is 9.66. The van der Waals surface area contributed by atoms with Gasteiger partial charge < -0.3 is 5.32 Å². The molecule has 0 radical (unpaired) electrons. The number of nitrogens with zero attached hydrogens (tertiary/aromatic N) is 2. The number of aromatic nitrogens is 1. The maximum absolute atomic E-state index is 4.31. The lowest BCUT2D eigenvalue weighted by molar-refractivity contribution is 0.110. The Labute approximate surface area is 95.5 Å². The normalized spacial score (nSPS) is 28.2. The van der Waals surface area contributed by atoms with Crippen LogP contribution in [0.1, 0.15) is 24.4 Å². The smallest absolute Gasteiger partial charge is 0.0798 e. The number of piperazine rings is 1. The lowest BCUT2D eigenvalue weighted by atomic mass is 10.1. The van der Waals surface area contributed by atoms with E-state index in [4.69, 9.17) is 0 Å². The molecule has 1 saturated heterocycles. The Kier molecular flexibility index (Phi) is 3.38. The first-order chi connectivity index (χ1) is 7.18. The van der Waals surface area contributed by atoms with Crippen molar-refractivity contribution >= 4 is 11.3 Å². The molecule has 0 unspecified atom stereocenters. The summed E-state index contributed by atoms with van der Waals surface area (Å²) in [5.41, 5.74) is 3.14. The van der Waals surface area contributed by atoms with Gasteiger partial charge in [-0.1, -0.05) is 0 Å². The molecule has 4 heteroatoms. The van der Waals surface area contributed by atoms with Gasteiger partial charge in [0.05, 0.1) is 11.2 Å². The fourth-order valence-electron chi connectivity index (χ4n) is 2.13. The highest BCUT2D eigenvalue weighted by molar-refractivity contribution is 7.09. The minimum atomic E-state index is 0.621. The summed E-state index contributed by atoms with van der Waals surface area (Å²) in [5.74, 6) is 0. The highest BCUT2D eigenvalue weighted by atomic mass is 32.1. The van der Waals surface area contributed by atoms with Gasteiger partial charge in [-0.05, 0) is 20.8 Å². The average molecular weight is 225 g/mol. The standard InChI is InChI=1S/C11H19N3S/c1-8-4-12-5-9(2)14(8)6-11-10(3)13-7-15-11/h7-9,12H,4-6H2,1-3H3/t8-,9+. The van der Waals surface area contributed by atoms with E-state index in [0.29, 0.717) is 12.1 Å². The summed E-state index contributed by atoms with van der Waals surface area (Å²) in [6, 6.07) is 1.24. The van der Waals surface area contributed by atoms with Crippen molar-refractivity contribution in [1.82, 2.24) is 15.2 Å². The molecule has 1 aliphatic rings. The monoisotopic (exact) mass is 225 g/mol. The molecular weight excluding hydrogens is 206 g/mol. The van der Waals surface area contributed by atoms with Crippen LogP contribution in [0.3, 0.4) is 0 Å². The number of rotatable bonds is 2. The minimum Gasteiger partial charge on any atom is -0.314 e. The maximum atomic E-state index is 4.31. The summed E-state index contributed by atoms with van der Waals surface area (Å²) in [7, 11) is 0. The third-order valence-electron chi connectivity index (χ3n) is 3.18. The van der Waals surface area contributed by atoms with Crippen LogP contribution in [0.15, 0.2) is 5.51 Å². The topological polar surface area (TPSA) is 28.2 Å². The molecule has 3 nitrogen and oxygen atoms in total. The molecule has 2 heterocycles. The van der Waals surface area contributed by atoms with Gasteiger partial charge in [0.15, 0.2) is 0 Å². The summed E-state index contributed by atoms with van der Waals surface area (Å²) in [5, 5.41) is 3.45. The third kappa shape index (κ3) is 2.38. The molecule has 1 fully saturated rings. The molecule has 1 N–H and O–H groups in total. The second-order valence-corrected chi connectivity index (χ2v) is 5.33. The predicted octanol–water partition coefficient (Wildman–Crippen LogP) is 1.63. The zero-order valence-corrected chi connectivity index (χ0v) is 10.5. The molecule has 0 aliphatic carbocycles. The van der Waals surface area contributed by atoms with Crippen LogP contribution in [-0.4, -0.2) is 35.1 Å². The van der Waals surface area contributed by atoms with Crippen molar-refractivity contribution in [2.45, 2.75) is 39.4 Å².